The molecule has 3 atom stereocenters. The lowest BCUT2D eigenvalue weighted by molar-refractivity contribution is -0.145. The molecular weight excluding hydrogens is 500 g/mol. The minimum absolute atomic E-state index is 0.00173. The molecule has 40 heavy (non-hydrogen) atoms. The third-order valence-electron chi connectivity index (χ3n) is 8.17. The van der Waals surface area contributed by atoms with E-state index in [1.165, 1.54) is 16.7 Å². The summed E-state index contributed by atoms with van der Waals surface area (Å²) in [5, 5.41) is 9.20. The fourth-order valence-corrected chi connectivity index (χ4v) is 6.10. The fourth-order valence-electron chi connectivity index (χ4n) is 6.10. The molecule has 0 N–H and O–H groups in total. The van der Waals surface area contributed by atoms with E-state index in [-0.39, 0.29) is 23.2 Å². The Balaban J connectivity index is 1.20. The molecule has 1 saturated carbocycles. The number of ether oxygens (including phenoxy) is 3. The Kier molecular flexibility index (Phi) is 7.85. The van der Waals surface area contributed by atoms with Crippen molar-refractivity contribution in [3.8, 4) is 28.8 Å². The number of fused-ring (bicyclic) bond motifs is 3. The number of nitriles is 1. The van der Waals surface area contributed by atoms with Crippen molar-refractivity contribution in [3.63, 3.8) is 0 Å². The van der Waals surface area contributed by atoms with E-state index in [0.29, 0.717) is 31.6 Å². The molecule has 0 amide bonds. The molecule has 1 heterocycles. The molecule has 1 aromatic heterocycles. The quantitative estimate of drug-likeness (QED) is 0.191. The van der Waals surface area contributed by atoms with E-state index in [9.17, 15) is 10.1 Å². The SMILES string of the molecule is CCOC(=O)C1C2Cc3cc(OCc4cccc(-c5c(C)cc(OCCCC(C)(C)C#N)cc5C)c4)ncc3C21. The van der Waals surface area contributed by atoms with Crippen LogP contribution in [0.3, 0.4) is 0 Å². The summed E-state index contributed by atoms with van der Waals surface area (Å²) in [5.74, 6) is 2.00. The average molecular weight is 539 g/mol. The van der Waals surface area contributed by atoms with Gasteiger partial charge in [-0.15, -0.1) is 0 Å². The lowest BCUT2D eigenvalue weighted by Gasteiger charge is -2.17. The maximum Gasteiger partial charge on any atom is 0.309 e. The number of aryl methyl sites for hydroxylation is 2. The minimum atomic E-state index is -0.320. The second-order valence-electron chi connectivity index (χ2n) is 11.8. The van der Waals surface area contributed by atoms with Gasteiger partial charge in [-0.1, -0.05) is 18.2 Å². The van der Waals surface area contributed by atoms with Gasteiger partial charge in [0.2, 0.25) is 5.88 Å². The van der Waals surface area contributed by atoms with Crippen LogP contribution in [-0.4, -0.2) is 24.2 Å². The summed E-state index contributed by atoms with van der Waals surface area (Å²) in [5.41, 5.74) is 7.81. The van der Waals surface area contributed by atoms with Crippen molar-refractivity contribution < 1.29 is 19.0 Å². The molecule has 2 aromatic carbocycles. The summed E-state index contributed by atoms with van der Waals surface area (Å²) >= 11 is 0. The van der Waals surface area contributed by atoms with Crippen LogP contribution in [0.25, 0.3) is 11.1 Å². The summed E-state index contributed by atoms with van der Waals surface area (Å²) < 4.78 is 17.3. The zero-order chi connectivity index (χ0) is 28.4. The number of carbonyl (C=O) groups is 1. The van der Waals surface area contributed by atoms with Crippen molar-refractivity contribution in [3.05, 3.63) is 76.5 Å². The molecule has 6 heteroatoms. The van der Waals surface area contributed by atoms with Gasteiger partial charge in [-0.25, -0.2) is 4.98 Å². The van der Waals surface area contributed by atoms with Gasteiger partial charge in [-0.3, -0.25) is 4.79 Å². The van der Waals surface area contributed by atoms with Gasteiger partial charge in [0.05, 0.1) is 30.6 Å². The molecule has 0 spiro atoms. The van der Waals surface area contributed by atoms with Gasteiger partial charge < -0.3 is 14.2 Å². The third-order valence-corrected chi connectivity index (χ3v) is 8.17. The van der Waals surface area contributed by atoms with Crippen molar-refractivity contribution in [2.24, 2.45) is 17.3 Å². The summed E-state index contributed by atoms with van der Waals surface area (Å²) in [6.07, 6.45) is 4.42. The van der Waals surface area contributed by atoms with Crippen LogP contribution in [0.5, 0.6) is 11.6 Å². The molecule has 6 nitrogen and oxygen atoms in total. The van der Waals surface area contributed by atoms with Crippen LogP contribution in [0, 0.1) is 42.4 Å². The zero-order valence-corrected chi connectivity index (χ0v) is 24.1. The molecule has 0 saturated heterocycles. The highest BCUT2D eigenvalue weighted by Gasteiger charge is 2.60. The number of benzene rings is 2. The van der Waals surface area contributed by atoms with E-state index in [1.54, 1.807) is 0 Å². The largest absolute Gasteiger partial charge is 0.494 e. The van der Waals surface area contributed by atoms with Crippen molar-refractivity contribution in [1.82, 2.24) is 4.98 Å². The Morgan fingerprint density at radius 3 is 2.62 bits per heavy atom. The Labute approximate surface area is 237 Å². The van der Waals surface area contributed by atoms with Crippen molar-refractivity contribution >= 4 is 5.97 Å². The van der Waals surface area contributed by atoms with Gasteiger partial charge in [0.25, 0.3) is 0 Å². The normalized spacial score (nSPS) is 18.9. The predicted octanol–water partition coefficient (Wildman–Crippen LogP) is 7.10. The van der Waals surface area contributed by atoms with Crippen molar-refractivity contribution in [2.75, 3.05) is 13.2 Å². The van der Waals surface area contributed by atoms with Crippen LogP contribution in [0.1, 0.15) is 67.3 Å². The number of hydrogen-bond donors (Lipinski definition) is 0. The van der Waals surface area contributed by atoms with E-state index in [4.69, 9.17) is 14.2 Å². The number of pyridine rings is 1. The number of aromatic nitrogens is 1. The van der Waals surface area contributed by atoms with Gasteiger partial charge in [0.1, 0.15) is 12.4 Å². The van der Waals surface area contributed by atoms with E-state index < -0.39 is 0 Å². The number of rotatable bonds is 11. The molecule has 3 aromatic rings. The number of esters is 1. The van der Waals surface area contributed by atoms with Gasteiger partial charge in [0, 0.05) is 18.2 Å². The lowest BCUT2D eigenvalue weighted by atomic mass is 9.90. The molecule has 5 rings (SSSR count). The molecule has 0 bridgehead atoms. The molecule has 1 fully saturated rings. The van der Waals surface area contributed by atoms with Crippen LogP contribution in [0.15, 0.2) is 48.7 Å². The first kappa shape index (κ1) is 27.7. The van der Waals surface area contributed by atoms with Gasteiger partial charge in [0.15, 0.2) is 0 Å². The zero-order valence-electron chi connectivity index (χ0n) is 24.1. The van der Waals surface area contributed by atoms with E-state index >= 15 is 0 Å². The smallest absolute Gasteiger partial charge is 0.309 e. The fraction of sp³-hybridized carbons (Fsp3) is 0.441. The molecular formula is C34H38N2O4. The molecule has 208 valence electrons. The first-order valence-electron chi connectivity index (χ1n) is 14.2. The summed E-state index contributed by atoms with van der Waals surface area (Å²) in [4.78, 5) is 16.7. The number of nitrogens with zero attached hydrogens (tertiary/aromatic N) is 2. The van der Waals surface area contributed by atoms with Crippen LogP contribution in [-0.2, 0) is 22.6 Å². The van der Waals surface area contributed by atoms with Crippen LogP contribution in [0.4, 0.5) is 0 Å². The highest BCUT2D eigenvalue weighted by atomic mass is 16.5. The van der Waals surface area contributed by atoms with E-state index in [1.807, 2.05) is 33.0 Å². The van der Waals surface area contributed by atoms with Crippen LogP contribution < -0.4 is 9.47 Å². The van der Waals surface area contributed by atoms with Crippen molar-refractivity contribution in [2.45, 2.75) is 66.4 Å². The second kappa shape index (κ2) is 11.3. The average Bonchev–Trinajstić information content (AvgIpc) is 3.51. The molecule has 2 aliphatic carbocycles. The minimum Gasteiger partial charge on any atom is -0.494 e. The lowest BCUT2D eigenvalue weighted by Crippen LogP contribution is -2.11. The summed E-state index contributed by atoms with van der Waals surface area (Å²) in [6.45, 7) is 11.5. The maximum atomic E-state index is 12.2. The Morgan fingerprint density at radius 1 is 1.12 bits per heavy atom. The van der Waals surface area contributed by atoms with E-state index in [0.717, 1.165) is 47.3 Å². The number of hydrogen-bond acceptors (Lipinski definition) is 6. The molecule has 0 radical (unpaired) electrons. The Morgan fingerprint density at radius 2 is 1.90 bits per heavy atom. The molecule has 3 unspecified atom stereocenters. The summed E-state index contributed by atoms with van der Waals surface area (Å²) in [6, 6.07) is 17.0. The highest BCUT2D eigenvalue weighted by molar-refractivity contribution is 5.79. The van der Waals surface area contributed by atoms with Gasteiger partial charge in [-0.05, 0) is 117 Å². The predicted molar refractivity (Wildman–Crippen MR) is 154 cm³/mol. The van der Waals surface area contributed by atoms with Crippen molar-refractivity contribution in [1.29, 1.82) is 5.26 Å². The summed E-state index contributed by atoms with van der Waals surface area (Å²) in [7, 11) is 0. The highest BCUT2D eigenvalue weighted by Crippen LogP contribution is 2.61. The van der Waals surface area contributed by atoms with Gasteiger partial charge >= 0.3 is 5.97 Å². The standard InChI is InChI=1S/C34H38N2O4/c1-6-38-33(37)32-27-16-25-17-29(36-18-28(25)31(27)32)40-19-23-9-7-10-24(15-23)30-21(2)13-26(14-22(30)3)39-12-8-11-34(4,5)20-35/h7,9-10,13-15,17-18,27,31-32H,6,8,11-12,16,19H2,1-5H3. The Hall–Kier alpha value is -3.85. The van der Waals surface area contributed by atoms with Crippen LogP contribution >= 0.6 is 0 Å². The monoisotopic (exact) mass is 538 g/mol. The third kappa shape index (κ3) is 5.84. The Bertz CT molecular complexity index is 1430. The van der Waals surface area contributed by atoms with Crippen LogP contribution in [0.2, 0.25) is 0 Å². The second-order valence-corrected chi connectivity index (χ2v) is 11.8. The first-order valence-corrected chi connectivity index (χ1v) is 14.2. The molecule has 2 aliphatic rings. The molecule has 0 aliphatic heterocycles. The first-order chi connectivity index (χ1) is 19.2. The van der Waals surface area contributed by atoms with E-state index in [2.05, 4.69) is 61.3 Å². The van der Waals surface area contributed by atoms with Gasteiger partial charge in [-0.2, -0.15) is 5.26 Å². The topological polar surface area (TPSA) is 81.4 Å². The maximum absolute atomic E-state index is 12.2. The number of carbonyl (C=O) groups excluding carboxylic acids is 1.